The first-order valence-electron chi connectivity index (χ1n) is 4.09. The molecule has 0 radical (unpaired) electrons. The van der Waals surface area contributed by atoms with E-state index in [1.54, 1.807) is 18.3 Å². The van der Waals surface area contributed by atoms with Crippen LogP contribution in [0.4, 0.5) is 5.13 Å². The highest BCUT2D eigenvalue weighted by Crippen LogP contribution is 2.17. The standard InChI is InChI=1S/C8H14N2OS/c1-3-7-5-10-8(12-7)9-4-6(2)11/h5-6,11H,3-4H2,1-2H3,(H,9,10)/t6-/m1/s1. The molecule has 1 rings (SSSR count). The second-order valence-corrected chi connectivity index (χ2v) is 3.83. The monoisotopic (exact) mass is 186 g/mol. The fraction of sp³-hybridized carbons (Fsp3) is 0.625. The molecule has 0 aliphatic heterocycles. The Kier molecular flexibility index (Phi) is 3.49. The summed E-state index contributed by atoms with van der Waals surface area (Å²) in [5, 5.41) is 12.9. The van der Waals surface area contributed by atoms with E-state index in [1.165, 1.54) is 4.88 Å². The van der Waals surface area contributed by atoms with Gasteiger partial charge in [-0.3, -0.25) is 0 Å². The number of rotatable bonds is 4. The van der Waals surface area contributed by atoms with Crippen LogP contribution in [0.15, 0.2) is 6.20 Å². The zero-order valence-corrected chi connectivity index (χ0v) is 8.19. The molecular formula is C8H14N2OS. The summed E-state index contributed by atoms with van der Waals surface area (Å²) in [5.41, 5.74) is 0. The first kappa shape index (κ1) is 9.48. The largest absolute Gasteiger partial charge is 0.392 e. The van der Waals surface area contributed by atoms with Crippen LogP contribution in [0.5, 0.6) is 0 Å². The predicted molar refractivity (Wildman–Crippen MR) is 51.7 cm³/mol. The van der Waals surface area contributed by atoms with E-state index < -0.39 is 0 Å². The van der Waals surface area contributed by atoms with Crippen LogP contribution in [-0.2, 0) is 6.42 Å². The van der Waals surface area contributed by atoms with Gasteiger partial charge in [0.25, 0.3) is 0 Å². The van der Waals surface area contributed by atoms with Gasteiger partial charge in [-0.15, -0.1) is 11.3 Å². The number of hydrogen-bond acceptors (Lipinski definition) is 4. The first-order valence-corrected chi connectivity index (χ1v) is 4.90. The Bertz CT molecular complexity index is 235. The quantitative estimate of drug-likeness (QED) is 0.749. The Morgan fingerprint density at radius 3 is 3.00 bits per heavy atom. The molecular weight excluding hydrogens is 172 g/mol. The van der Waals surface area contributed by atoms with Gasteiger partial charge in [0, 0.05) is 17.6 Å². The number of anilines is 1. The number of aryl methyl sites for hydroxylation is 1. The van der Waals surface area contributed by atoms with Gasteiger partial charge >= 0.3 is 0 Å². The van der Waals surface area contributed by atoms with E-state index in [-0.39, 0.29) is 6.10 Å². The van der Waals surface area contributed by atoms with Gasteiger partial charge in [-0.25, -0.2) is 4.98 Å². The van der Waals surface area contributed by atoms with E-state index in [4.69, 9.17) is 5.11 Å². The highest BCUT2D eigenvalue weighted by Gasteiger charge is 2.00. The van der Waals surface area contributed by atoms with Gasteiger partial charge in [0.05, 0.1) is 6.10 Å². The van der Waals surface area contributed by atoms with Crippen molar-refractivity contribution in [3.05, 3.63) is 11.1 Å². The van der Waals surface area contributed by atoms with Crippen molar-refractivity contribution in [2.75, 3.05) is 11.9 Å². The Balaban J connectivity index is 2.41. The molecule has 2 N–H and O–H groups in total. The van der Waals surface area contributed by atoms with E-state index in [1.807, 2.05) is 6.20 Å². The topological polar surface area (TPSA) is 45.2 Å². The van der Waals surface area contributed by atoms with Gasteiger partial charge in [0.15, 0.2) is 5.13 Å². The fourth-order valence-corrected chi connectivity index (χ4v) is 1.55. The average Bonchev–Trinajstić information content (AvgIpc) is 2.48. The van der Waals surface area contributed by atoms with Crippen molar-refractivity contribution in [1.29, 1.82) is 0 Å². The average molecular weight is 186 g/mol. The lowest BCUT2D eigenvalue weighted by molar-refractivity contribution is 0.208. The normalized spacial score (nSPS) is 12.9. The van der Waals surface area contributed by atoms with Crippen LogP contribution in [0.3, 0.4) is 0 Å². The number of aliphatic hydroxyl groups excluding tert-OH is 1. The molecule has 0 bridgehead atoms. The summed E-state index contributed by atoms with van der Waals surface area (Å²) in [5.74, 6) is 0. The minimum atomic E-state index is -0.320. The van der Waals surface area contributed by atoms with Crippen molar-refractivity contribution < 1.29 is 5.11 Å². The minimum absolute atomic E-state index is 0.320. The van der Waals surface area contributed by atoms with Crippen LogP contribution < -0.4 is 5.32 Å². The zero-order chi connectivity index (χ0) is 8.97. The third-order valence-corrected chi connectivity index (χ3v) is 2.55. The molecule has 0 saturated carbocycles. The lowest BCUT2D eigenvalue weighted by atomic mass is 10.4. The molecule has 0 aliphatic rings. The van der Waals surface area contributed by atoms with Crippen LogP contribution in [0.25, 0.3) is 0 Å². The summed E-state index contributed by atoms with van der Waals surface area (Å²) in [6.07, 6.45) is 2.57. The van der Waals surface area contributed by atoms with Gasteiger partial charge in [0.1, 0.15) is 0 Å². The van der Waals surface area contributed by atoms with Gasteiger partial charge in [-0.2, -0.15) is 0 Å². The number of aromatic nitrogens is 1. The number of nitrogens with zero attached hydrogens (tertiary/aromatic N) is 1. The summed E-state index contributed by atoms with van der Waals surface area (Å²) in [7, 11) is 0. The molecule has 0 amide bonds. The van der Waals surface area contributed by atoms with E-state index in [0.717, 1.165) is 11.6 Å². The van der Waals surface area contributed by atoms with Crippen molar-refractivity contribution in [2.45, 2.75) is 26.4 Å². The van der Waals surface area contributed by atoms with Crippen LogP contribution in [-0.4, -0.2) is 22.7 Å². The molecule has 0 saturated heterocycles. The van der Waals surface area contributed by atoms with Crippen LogP contribution in [0.1, 0.15) is 18.7 Å². The fourth-order valence-electron chi connectivity index (χ4n) is 0.788. The van der Waals surface area contributed by atoms with Gasteiger partial charge in [-0.05, 0) is 13.3 Å². The Morgan fingerprint density at radius 2 is 2.50 bits per heavy atom. The van der Waals surface area contributed by atoms with E-state index >= 15 is 0 Å². The molecule has 68 valence electrons. The molecule has 0 spiro atoms. The minimum Gasteiger partial charge on any atom is -0.392 e. The van der Waals surface area contributed by atoms with Crippen molar-refractivity contribution in [2.24, 2.45) is 0 Å². The number of hydrogen-bond donors (Lipinski definition) is 2. The number of thiazole rings is 1. The molecule has 1 atom stereocenters. The molecule has 1 aromatic heterocycles. The second-order valence-electron chi connectivity index (χ2n) is 2.72. The third kappa shape index (κ3) is 2.79. The molecule has 0 fully saturated rings. The molecule has 0 aromatic carbocycles. The van der Waals surface area contributed by atoms with Crippen LogP contribution >= 0.6 is 11.3 Å². The molecule has 0 aliphatic carbocycles. The molecule has 3 nitrogen and oxygen atoms in total. The second kappa shape index (κ2) is 4.42. The molecule has 4 heteroatoms. The zero-order valence-electron chi connectivity index (χ0n) is 7.37. The van der Waals surface area contributed by atoms with Gasteiger partial charge < -0.3 is 10.4 Å². The lowest BCUT2D eigenvalue weighted by Gasteiger charge is -2.03. The van der Waals surface area contributed by atoms with E-state index in [2.05, 4.69) is 17.2 Å². The third-order valence-electron chi connectivity index (χ3n) is 1.45. The van der Waals surface area contributed by atoms with Crippen molar-refractivity contribution in [1.82, 2.24) is 4.98 Å². The Labute approximate surface area is 76.5 Å². The van der Waals surface area contributed by atoms with Gasteiger partial charge in [0.2, 0.25) is 0 Å². The number of nitrogens with one attached hydrogen (secondary N) is 1. The van der Waals surface area contributed by atoms with Crippen LogP contribution in [0, 0.1) is 0 Å². The maximum atomic E-state index is 8.99. The van der Waals surface area contributed by atoms with Crippen molar-refractivity contribution in [3.8, 4) is 0 Å². The summed E-state index contributed by atoms with van der Waals surface area (Å²) in [6.45, 7) is 4.42. The number of aliphatic hydroxyl groups is 1. The predicted octanol–water partition coefficient (Wildman–Crippen LogP) is 1.50. The Hall–Kier alpha value is -0.610. The van der Waals surface area contributed by atoms with Crippen molar-refractivity contribution in [3.63, 3.8) is 0 Å². The lowest BCUT2D eigenvalue weighted by Crippen LogP contribution is -2.14. The van der Waals surface area contributed by atoms with Crippen LogP contribution in [0.2, 0.25) is 0 Å². The maximum Gasteiger partial charge on any atom is 0.182 e. The highest BCUT2D eigenvalue weighted by molar-refractivity contribution is 7.15. The Morgan fingerprint density at radius 1 is 1.75 bits per heavy atom. The summed E-state index contributed by atoms with van der Waals surface area (Å²) in [4.78, 5) is 5.42. The summed E-state index contributed by atoms with van der Waals surface area (Å²) >= 11 is 1.64. The smallest absolute Gasteiger partial charge is 0.182 e. The van der Waals surface area contributed by atoms with Crippen molar-refractivity contribution >= 4 is 16.5 Å². The SMILES string of the molecule is CCc1cnc(NC[C@@H](C)O)s1. The maximum absolute atomic E-state index is 8.99. The highest BCUT2D eigenvalue weighted by atomic mass is 32.1. The molecule has 1 heterocycles. The molecule has 1 aromatic rings. The molecule has 12 heavy (non-hydrogen) atoms. The van der Waals surface area contributed by atoms with E-state index in [0.29, 0.717) is 6.54 Å². The van der Waals surface area contributed by atoms with Gasteiger partial charge in [-0.1, -0.05) is 6.92 Å². The first-order chi connectivity index (χ1) is 5.72. The summed E-state index contributed by atoms with van der Waals surface area (Å²) < 4.78 is 0. The molecule has 0 unspecified atom stereocenters. The van der Waals surface area contributed by atoms with E-state index in [9.17, 15) is 0 Å². The summed E-state index contributed by atoms with van der Waals surface area (Å²) in [6, 6.07) is 0.